The zero-order valence-corrected chi connectivity index (χ0v) is 12.9. The molecule has 7 heteroatoms. The lowest BCUT2D eigenvalue weighted by Crippen LogP contribution is -2.20. The van der Waals surface area contributed by atoms with Crippen molar-refractivity contribution in [1.29, 1.82) is 0 Å². The normalized spacial score (nSPS) is 11.0. The maximum absolute atomic E-state index is 12.3. The predicted octanol–water partition coefficient (Wildman–Crippen LogP) is 3.82. The summed E-state index contributed by atoms with van der Waals surface area (Å²) >= 11 is 0. The van der Waals surface area contributed by atoms with Crippen molar-refractivity contribution in [2.75, 3.05) is 19.0 Å². The van der Waals surface area contributed by atoms with Crippen LogP contribution >= 0.6 is 0 Å². The van der Waals surface area contributed by atoms with Crippen molar-refractivity contribution in [2.24, 2.45) is 0 Å². The third kappa shape index (κ3) is 5.19. The van der Waals surface area contributed by atoms with Crippen molar-refractivity contribution in [1.82, 2.24) is 0 Å². The number of hydrogen-bond donors (Lipinski definition) is 1. The molecule has 2 aromatic carbocycles. The zero-order valence-electron chi connectivity index (χ0n) is 12.9. The monoisotopic (exact) mass is 339 g/mol. The Hall–Kier alpha value is -2.70. The van der Waals surface area contributed by atoms with E-state index in [1.165, 1.54) is 25.3 Å². The van der Waals surface area contributed by atoms with E-state index in [2.05, 4.69) is 5.32 Å². The molecule has 2 rings (SSSR count). The largest absolute Gasteiger partial charge is 0.496 e. The van der Waals surface area contributed by atoms with Gasteiger partial charge in [-0.05, 0) is 18.2 Å². The number of para-hydroxylation sites is 3. The van der Waals surface area contributed by atoms with Gasteiger partial charge in [0.1, 0.15) is 11.5 Å². The first kappa shape index (κ1) is 17.7. The lowest BCUT2D eigenvalue weighted by atomic mass is 10.1. The molecule has 128 valence electrons. The second-order valence-corrected chi connectivity index (χ2v) is 4.94. The van der Waals surface area contributed by atoms with Crippen LogP contribution in [0.3, 0.4) is 0 Å². The number of halogens is 3. The van der Waals surface area contributed by atoms with Gasteiger partial charge in [-0.25, -0.2) is 0 Å². The molecule has 0 saturated heterocycles. The molecule has 2 aromatic rings. The van der Waals surface area contributed by atoms with E-state index in [0.717, 1.165) is 0 Å². The highest BCUT2D eigenvalue weighted by molar-refractivity contribution is 5.94. The van der Waals surface area contributed by atoms with E-state index >= 15 is 0 Å². The molecule has 0 fully saturated rings. The van der Waals surface area contributed by atoms with Gasteiger partial charge in [-0.3, -0.25) is 4.79 Å². The Morgan fingerprint density at radius 2 is 1.67 bits per heavy atom. The highest BCUT2D eigenvalue weighted by Gasteiger charge is 2.28. The van der Waals surface area contributed by atoms with E-state index in [0.29, 0.717) is 11.3 Å². The molecule has 0 atom stereocenters. The molecule has 0 aliphatic rings. The summed E-state index contributed by atoms with van der Waals surface area (Å²) in [6.07, 6.45) is -4.42. The number of amides is 1. The van der Waals surface area contributed by atoms with Gasteiger partial charge in [0.25, 0.3) is 0 Å². The quantitative estimate of drug-likeness (QED) is 0.870. The molecule has 0 bridgehead atoms. The molecule has 0 aromatic heterocycles. The summed E-state index contributed by atoms with van der Waals surface area (Å²) < 4.78 is 46.7. The maximum atomic E-state index is 12.3. The highest BCUT2D eigenvalue weighted by atomic mass is 19.4. The van der Waals surface area contributed by atoms with Gasteiger partial charge in [-0.2, -0.15) is 13.2 Å². The second kappa shape index (κ2) is 7.72. The standard InChI is InChI=1S/C17H16F3NO3/c1-23-14-8-4-2-6-12(14)10-16(22)21-13-7-3-5-9-15(13)24-11-17(18,19)20/h2-9H,10-11H2,1H3,(H,21,22). The van der Waals surface area contributed by atoms with Gasteiger partial charge >= 0.3 is 6.18 Å². The number of hydrogen-bond acceptors (Lipinski definition) is 3. The zero-order chi connectivity index (χ0) is 17.6. The van der Waals surface area contributed by atoms with E-state index in [1.54, 1.807) is 30.3 Å². The van der Waals surface area contributed by atoms with Gasteiger partial charge in [0.2, 0.25) is 5.91 Å². The van der Waals surface area contributed by atoms with E-state index < -0.39 is 12.8 Å². The summed E-state index contributed by atoms with van der Waals surface area (Å²) in [5, 5.41) is 2.56. The molecule has 0 unspecified atom stereocenters. The Morgan fingerprint density at radius 1 is 1.04 bits per heavy atom. The number of benzene rings is 2. The minimum atomic E-state index is -4.45. The summed E-state index contributed by atoms with van der Waals surface area (Å²) in [4.78, 5) is 12.2. The summed E-state index contributed by atoms with van der Waals surface area (Å²) in [6, 6.07) is 13.0. The maximum Gasteiger partial charge on any atom is 0.422 e. The highest BCUT2D eigenvalue weighted by Crippen LogP contribution is 2.27. The topological polar surface area (TPSA) is 47.6 Å². The molecule has 0 spiro atoms. The summed E-state index contributed by atoms with van der Waals surface area (Å²) in [6.45, 7) is -1.42. The molecular formula is C17H16F3NO3. The number of carbonyl (C=O) groups is 1. The third-order valence-corrected chi connectivity index (χ3v) is 3.10. The van der Waals surface area contributed by atoms with E-state index in [-0.39, 0.29) is 23.8 Å². The van der Waals surface area contributed by atoms with Gasteiger partial charge < -0.3 is 14.8 Å². The fourth-order valence-corrected chi connectivity index (χ4v) is 2.07. The number of rotatable bonds is 6. The fraction of sp³-hybridized carbons (Fsp3) is 0.235. The molecule has 0 saturated carbocycles. The molecular weight excluding hydrogens is 323 g/mol. The molecule has 0 heterocycles. The number of carbonyl (C=O) groups excluding carboxylic acids is 1. The minimum Gasteiger partial charge on any atom is -0.496 e. The van der Waals surface area contributed by atoms with Gasteiger partial charge in [-0.1, -0.05) is 30.3 Å². The lowest BCUT2D eigenvalue weighted by Gasteiger charge is -2.14. The Balaban J connectivity index is 2.06. The average Bonchev–Trinajstić information content (AvgIpc) is 2.53. The van der Waals surface area contributed by atoms with Crippen molar-refractivity contribution in [3.8, 4) is 11.5 Å². The number of methoxy groups -OCH3 is 1. The van der Waals surface area contributed by atoms with Crippen LogP contribution < -0.4 is 14.8 Å². The second-order valence-electron chi connectivity index (χ2n) is 4.94. The number of anilines is 1. The molecule has 1 amide bonds. The Kier molecular flexibility index (Phi) is 5.68. The average molecular weight is 339 g/mol. The van der Waals surface area contributed by atoms with Crippen LogP contribution in [0, 0.1) is 0 Å². The molecule has 0 radical (unpaired) electrons. The van der Waals surface area contributed by atoms with Crippen molar-refractivity contribution < 1.29 is 27.4 Å². The first-order chi connectivity index (χ1) is 11.4. The first-order valence-corrected chi connectivity index (χ1v) is 7.09. The fourth-order valence-electron chi connectivity index (χ4n) is 2.07. The summed E-state index contributed by atoms with van der Waals surface area (Å²) in [5.41, 5.74) is 0.854. The Bertz CT molecular complexity index is 701. The van der Waals surface area contributed by atoms with Gasteiger partial charge in [0, 0.05) is 5.56 Å². The SMILES string of the molecule is COc1ccccc1CC(=O)Nc1ccccc1OCC(F)(F)F. The van der Waals surface area contributed by atoms with Gasteiger partial charge in [0.05, 0.1) is 19.2 Å². The van der Waals surface area contributed by atoms with Crippen LogP contribution in [0.2, 0.25) is 0 Å². The van der Waals surface area contributed by atoms with Crippen LogP contribution in [-0.2, 0) is 11.2 Å². The van der Waals surface area contributed by atoms with E-state index in [9.17, 15) is 18.0 Å². The smallest absolute Gasteiger partial charge is 0.422 e. The summed E-state index contributed by atoms with van der Waals surface area (Å²) in [5.74, 6) is 0.139. The van der Waals surface area contributed by atoms with E-state index in [4.69, 9.17) is 9.47 Å². The van der Waals surface area contributed by atoms with Gasteiger partial charge in [-0.15, -0.1) is 0 Å². The number of nitrogens with one attached hydrogen (secondary N) is 1. The van der Waals surface area contributed by atoms with Crippen LogP contribution in [0.5, 0.6) is 11.5 Å². The van der Waals surface area contributed by atoms with Crippen LogP contribution in [-0.4, -0.2) is 25.8 Å². The predicted molar refractivity (Wildman–Crippen MR) is 83.3 cm³/mol. The third-order valence-electron chi connectivity index (χ3n) is 3.10. The first-order valence-electron chi connectivity index (χ1n) is 7.09. The van der Waals surface area contributed by atoms with Crippen LogP contribution in [0.4, 0.5) is 18.9 Å². The van der Waals surface area contributed by atoms with Crippen molar-refractivity contribution in [3.05, 3.63) is 54.1 Å². The van der Waals surface area contributed by atoms with Crippen molar-refractivity contribution in [3.63, 3.8) is 0 Å². The minimum absolute atomic E-state index is 0.0254. The number of alkyl halides is 3. The molecule has 1 N–H and O–H groups in total. The lowest BCUT2D eigenvalue weighted by molar-refractivity contribution is -0.153. The molecule has 24 heavy (non-hydrogen) atoms. The van der Waals surface area contributed by atoms with Crippen LogP contribution in [0.1, 0.15) is 5.56 Å². The van der Waals surface area contributed by atoms with E-state index in [1.807, 2.05) is 0 Å². The molecule has 0 aliphatic carbocycles. The molecule has 0 aliphatic heterocycles. The molecule has 4 nitrogen and oxygen atoms in total. The van der Waals surface area contributed by atoms with Crippen molar-refractivity contribution in [2.45, 2.75) is 12.6 Å². The number of ether oxygens (including phenoxy) is 2. The van der Waals surface area contributed by atoms with Crippen molar-refractivity contribution >= 4 is 11.6 Å². The Labute approximate surface area is 137 Å². The van der Waals surface area contributed by atoms with Crippen LogP contribution in [0.25, 0.3) is 0 Å². The summed E-state index contributed by atoms with van der Waals surface area (Å²) in [7, 11) is 1.50. The Morgan fingerprint density at radius 3 is 2.33 bits per heavy atom. The van der Waals surface area contributed by atoms with Gasteiger partial charge in [0.15, 0.2) is 6.61 Å². The van der Waals surface area contributed by atoms with Crippen LogP contribution in [0.15, 0.2) is 48.5 Å².